The molecule has 0 saturated carbocycles. The highest BCUT2D eigenvalue weighted by Crippen LogP contribution is 2.33. The zero-order chi connectivity index (χ0) is 19.8. The second kappa shape index (κ2) is 10.8. The second-order valence-electron chi connectivity index (χ2n) is 6.62. The Morgan fingerprint density at radius 3 is 2.70 bits per heavy atom. The molecule has 2 nitrogen and oxygen atoms in total. The summed E-state index contributed by atoms with van der Waals surface area (Å²) in [7, 11) is 0. The molecule has 0 saturated heterocycles. The molecule has 4 heteroatoms. The summed E-state index contributed by atoms with van der Waals surface area (Å²) < 4.78 is 1.17. The van der Waals surface area contributed by atoms with Crippen LogP contribution in [0.15, 0.2) is 47.6 Å². The van der Waals surface area contributed by atoms with Gasteiger partial charge in [-0.25, -0.2) is 4.98 Å². The number of fused-ring (bicyclic) bond motifs is 1. The van der Waals surface area contributed by atoms with Crippen molar-refractivity contribution in [3.05, 3.63) is 69.3 Å². The maximum Gasteiger partial charge on any atom is 0.190 e. The average molecular weight is 447 g/mol. The highest BCUT2D eigenvalue weighted by molar-refractivity contribution is 9.10. The van der Waals surface area contributed by atoms with Crippen molar-refractivity contribution in [3.63, 3.8) is 0 Å². The first kappa shape index (κ1) is 21.9. The molecule has 0 bridgehead atoms. The lowest BCUT2D eigenvalue weighted by Crippen LogP contribution is -2.22. The third-order valence-electron chi connectivity index (χ3n) is 4.70. The number of benzene rings is 1. The molecule has 0 amide bonds. The summed E-state index contributed by atoms with van der Waals surface area (Å²) in [5.74, 6) is 0. The zero-order valence-electron chi connectivity index (χ0n) is 16.9. The molecule has 1 aromatic heterocycles. The molecular weight excluding hydrogens is 416 g/mol. The van der Waals surface area contributed by atoms with Gasteiger partial charge in [0, 0.05) is 21.6 Å². The molecule has 0 fully saturated rings. The summed E-state index contributed by atoms with van der Waals surface area (Å²) in [6, 6.07) is 6.58. The third kappa shape index (κ3) is 5.79. The molecule has 27 heavy (non-hydrogen) atoms. The second-order valence-corrected chi connectivity index (χ2v) is 8.54. The van der Waals surface area contributed by atoms with Gasteiger partial charge in [-0.1, -0.05) is 54.6 Å². The zero-order valence-corrected chi connectivity index (χ0v) is 19.3. The number of hydrogen-bond acceptors (Lipinski definition) is 3. The van der Waals surface area contributed by atoms with Crippen molar-refractivity contribution in [1.82, 2.24) is 4.98 Å². The highest BCUT2D eigenvalue weighted by atomic mass is 79.9. The van der Waals surface area contributed by atoms with E-state index in [0.29, 0.717) is 0 Å². The van der Waals surface area contributed by atoms with Crippen LogP contribution in [0, 0.1) is 6.92 Å². The van der Waals surface area contributed by atoms with E-state index in [4.69, 9.17) is 4.98 Å². The van der Waals surface area contributed by atoms with Crippen LogP contribution in [0.4, 0.5) is 5.13 Å². The van der Waals surface area contributed by atoms with E-state index in [2.05, 4.69) is 59.1 Å². The Morgan fingerprint density at radius 1 is 1.30 bits per heavy atom. The lowest BCUT2D eigenvalue weighted by Gasteiger charge is -2.22. The number of allylic oxidation sites excluding steroid dienone is 1. The first-order chi connectivity index (χ1) is 13.1. The van der Waals surface area contributed by atoms with Gasteiger partial charge in [-0.2, -0.15) is 0 Å². The topological polar surface area (TPSA) is 16.1 Å². The molecular formula is C23H31BrN2S. The molecule has 0 radical (unpaired) electrons. The molecule has 146 valence electrons. The van der Waals surface area contributed by atoms with Crippen LogP contribution in [0.3, 0.4) is 0 Å². The highest BCUT2D eigenvalue weighted by Gasteiger charge is 2.19. The standard InChI is InChI=1S/C21H25BrN2S.C2H6/c1-4-13-24(21-23-19-7-5-6-8-20(19)25-21)16(3)10-12-17-11-9-15(2)18(22)14-17;1-2/h4,9,11,14H,1,3,5-8,10,12-13H2,2H3;1-2H3. The summed E-state index contributed by atoms with van der Waals surface area (Å²) >= 11 is 5.46. The molecule has 0 N–H and O–H groups in total. The fourth-order valence-electron chi connectivity index (χ4n) is 3.14. The van der Waals surface area contributed by atoms with Gasteiger partial charge in [0.1, 0.15) is 0 Å². The number of rotatable bonds is 7. The molecule has 1 aliphatic carbocycles. The van der Waals surface area contributed by atoms with Gasteiger partial charge in [-0.15, -0.1) is 17.9 Å². The maximum atomic E-state index is 4.90. The minimum absolute atomic E-state index is 0.767. The fourth-order valence-corrected chi connectivity index (χ4v) is 4.77. The third-order valence-corrected chi connectivity index (χ3v) is 6.73. The van der Waals surface area contributed by atoms with Gasteiger partial charge in [-0.3, -0.25) is 0 Å². The maximum absolute atomic E-state index is 4.90. The SMILES string of the molecule is C=CCN(C(=C)CCc1ccc(C)c(Br)c1)c1nc2c(s1)CCCC2.CC. The van der Waals surface area contributed by atoms with Gasteiger partial charge in [0.15, 0.2) is 5.13 Å². The minimum Gasteiger partial charge on any atom is -0.318 e. The minimum atomic E-state index is 0.767. The van der Waals surface area contributed by atoms with E-state index < -0.39 is 0 Å². The Bertz CT molecular complexity index is 755. The van der Waals surface area contributed by atoms with Gasteiger partial charge in [0.05, 0.1) is 5.69 Å². The lowest BCUT2D eigenvalue weighted by molar-refractivity contribution is 0.682. The summed E-state index contributed by atoms with van der Waals surface area (Å²) in [5, 5.41) is 1.09. The van der Waals surface area contributed by atoms with E-state index in [0.717, 1.165) is 36.6 Å². The number of halogens is 1. The molecule has 3 rings (SSSR count). The summed E-state index contributed by atoms with van der Waals surface area (Å²) in [4.78, 5) is 8.60. The number of anilines is 1. The van der Waals surface area contributed by atoms with E-state index in [1.807, 2.05) is 31.3 Å². The van der Waals surface area contributed by atoms with Gasteiger partial charge >= 0.3 is 0 Å². The summed E-state index contributed by atoms with van der Waals surface area (Å²) in [6.07, 6.45) is 8.70. The van der Waals surface area contributed by atoms with E-state index in [-0.39, 0.29) is 0 Å². The molecule has 2 aromatic rings. The molecule has 1 aromatic carbocycles. The molecule has 0 spiro atoms. The van der Waals surface area contributed by atoms with E-state index in [1.54, 1.807) is 0 Å². The average Bonchev–Trinajstić information content (AvgIpc) is 3.12. The van der Waals surface area contributed by atoms with Crippen molar-refractivity contribution in [2.75, 3.05) is 11.4 Å². The monoisotopic (exact) mass is 446 g/mol. The smallest absolute Gasteiger partial charge is 0.190 e. The molecule has 1 heterocycles. The predicted octanol–water partition coefficient (Wildman–Crippen LogP) is 7.26. The van der Waals surface area contributed by atoms with Crippen LogP contribution in [0.2, 0.25) is 0 Å². The van der Waals surface area contributed by atoms with Crippen molar-refractivity contribution in [2.45, 2.75) is 59.3 Å². The Labute approximate surface area is 177 Å². The van der Waals surface area contributed by atoms with E-state index in [9.17, 15) is 0 Å². The molecule has 0 aliphatic heterocycles. The van der Waals surface area contributed by atoms with Crippen LogP contribution in [-0.4, -0.2) is 11.5 Å². The van der Waals surface area contributed by atoms with Gasteiger partial charge in [-0.05, 0) is 62.6 Å². The number of nitrogens with zero attached hydrogens (tertiary/aromatic N) is 2. The number of thiazole rings is 1. The quantitative estimate of drug-likeness (QED) is 0.415. The number of aryl methyl sites for hydroxylation is 4. The van der Waals surface area contributed by atoms with Crippen LogP contribution in [0.25, 0.3) is 0 Å². The van der Waals surface area contributed by atoms with Crippen molar-refractivity contribution >= 4 is 32.4 Å². The van der Waals surface area contributed by atoms with E-state index >= 15 is 0 Å². The predicted molar refractivity (Wildman–Crippen MR) is 124 cm³/mol. The number of aromatic nitrogens is 1. The Morgan fingerprint density at radius 2 is 2.04 bits per heavy atom. The first-order valence-electron chi connectivity index (χ1n) is 9.88. The van der Waals surface area contributed by atoms with Crippen molar-refractivity contribution < 1.29 is 0 Å². The van der Waals surface area contributed by atoms with Crippen molar-refractivity contribution in [2.24, 2.45) is 0 Å². The number of hydrogen-bond donors (Lipinski definition) is 0. The molecule has 1 aliphatic rings. The van der Waals surface area contributed by atoms with Crippen LogP contribution < -0.4 is 4.90 Å². The van der Waals surface area contributed by atoms with Crippen LogP contribution >= 0.6 is 27.3 Å². The van der Waals surface area contributed by atoms with Crippen LogP contribution in [-0.2, 0) is 19.3 Å². The molecule has 0 atom stereocenters. The fraction of sp³-hybridized carbons (Fsp3) is 0.435. The van der Waals surface area contributed by atoms with E-state index in [1.165, 1.54) is 45.4 Å². The van der Waals surface area contributed by atoms with Crippen LogP contribution in [0.1, 0.15) is 54.8 Å². The lowest BCUT2D eigenvalue weighted by atomic mass is 10.0. The Kier molecular flexibility index (Phi) is 8.78. The normalized spacial score (nSPS) is 12.6. The summed E-state index contributed by atoms with van der Waals surface area (Å²) in [6.45, 7) is 15.1. The first-order valence-corrected chi connectivity index (χ1v) is 11.5. The Hall–Kier alpha value is -1.39. The van der Waals surface area contributed by atoms with Crippen LogP contribution in [0.5, 0.6) is 0 Å². The largest absolute Gasteiger partial charge is 0.318 e. The van der Waals surface area contributed by atoms with Crippen molar-refractivity contribution in [3.8, 4) is 0 Å². The van der Waals surface area contributed by atoms with Gasteiger partial charge < -0.3 is 4.90 Å². The Balaban J connectivity index is 0.00000126. The van der Waals surface area contributed by atoms with Gasteiger partial charge in [0.2, 0.25) is 0 Å². The molecule has 0 unspecified atom stereocenters. The van der Waals surface area contributed by atoms with Gasteiger partial charge in [0.25, 0.3) is 0 Å². The summed E-state index contributed by atoms with van der Waals surface area (Å²) in [5.41, 5.74) is 5.01. The van der Waals surface area contributed by atoms with Crippen molar-refractivity contribution in [1.29, 1.82) is 0 Å².